The molecule has 1 aromatic heterocycles. The molecule has 0 bridgehead atoms. The third kappa shape index (κ3) is 3.62. The number of aromatic nitrogens is 2. The minimum Gasteiger partial charge on any atom is -0.373 e. The maximum Gasteiger partial charge on any atom is 0.191 e. The van der Waals surface area contributed by atoms with Crippen molar-refractivity contribution in [1.29, 1.82) is 5.26 Å². The van der Waals surface area contributed by atoms with Gasteiger partial charge in [0.05, 0.1) is 11.6 Å². The van der Waals surface area contributed by atoms with Gasteiger partial charge in [-0.05, 0) is 24.0 Å². The monoisotopic (exact) mass is 285 g/mol. The van der Waals surface area contributed by atoms with Crippen LogP contribution in [0.25, 0.3) is 0 Å². The summed E-state index contributed by atoms with van der Waals surface area (Å²) in [7, 11) is 1.83. The number of rotatable bonds is 5. The Morgan fingerprint density at radius 1 is 1.25 bits per heavy atom. The molecular formula is C14H15N5S. The Kier molecular flexibility index (Phi) is 4.80. The van der Waals surface area contributed by atoms with Gasteiger partial charge in [0.15, 0.2) is 5.16 Å². The van der Waals surface area contributed by atoms with Gasteiger partial charge in [-0.2, -0.15) is 5.26 Å². The van der Waals surface area contributed by atoms with E-state index in [-0.39, 0.29) is 0 Å². The van der Waals surface area contributed by atoms with E-state index in [1.807, 2.05) is 37.6 Å². The lowest BCUT2D eigenvalue weighted by atomic mass is 10.1. The molecule has 1 heterocycles. The zero-order valence-electron chi connectivity index (χ0n) is 11.3. The molecule has 0 spiro atoms. The van der Waals surface area contributed by atoms with Gasteiger partial charge in [-0.15, -0.1) is 0 Å². The summed E-state index contributed by atoms with van der Waals surface area (Å²) < 4.78 is 0. The quantitative estimate of drug-likeness (QED) is 0.650. The average Bonchev–Trinajstić information content (AvgIpc) is 2.52. The summed E-state index contributed by atoms with van der Waals surface area (Å²) in [5.74, 6) is 1.54. The second-order valence-electron chi connectivity index (χ2n) is 4.04. The molecule has 20 heavy (non-hydrogen) atoms. The summed E-state index contributed by atoms with van der Waals surface area (Å²) in [6.07, 6.45) is 1.94. The third-order valence-corrected chi connectivity index (χ3v) is 3.22. The predicted molar refractivity (Wildman–Crippen MR) is 81.8 cm³/mol. The van der Waals surface area contributed by atoms with Gasteiger partial charge in [0, 0.05) is 19.7 Å². The van der Waals surface area contributed by atoms with Crippen molar-refractivity contribution in [3.63, 3.8) is 0 Å². The van der Waals surface area contributed by atoms with Crippen LogP contribution in [0.4, 0.5) is 11.6 Å². The molecule has 2 rings (SSSR count). The van der Waals surface area contributed by atoms with E-state index >= 15 is 0 Å². The van der Waals surface area contributed by atoms with Crippen LogP contribution in [-0.4, -0.2) is 23.3 Å². The van der Waals surface area contributed by atoms with Crippen molar-refractivity contribution < 1.29 is 0 Å². The van der Waals surface area contributed by atoms with Crippen LogP contribution in [0.15, 0.2) is 35.5 Å². The number of nitrogens with zero attached hydrogens (tertiary/aromatic N) is 3. The number of anilines is 2. The second-order valence-corrected chi connectivity index (χ2v) is 4.81. The molecule has 0 radical (unpaired) electrons. The average molecular weight is 285 g/mol. The first-order valence-corrected chi connectivity index (χ1v) is 7.31. The van der Waals surface area contributed by atoms with Crippen LogP contribution in [-0.2, 0) is 6.54 Å². The molecular weight excluding hydrogens is 270 g/mol. The molecule has 1 aromatic carbocycles. The highest BCUT2D eigenvalue weighted by atomic mass is 32.2. The number of benzene rings is 1. The van der Waals surface area contributed by atoms with Gasteiger partial charge in [-0.25, -0.2) is 9.97 Å². The summed E-state index contributed by atoms with van der Waals surface area (Å²) in [4.78, 5) is 8.70. The van der Waals surface area contributed by atoms with E-state index in [1.54, 1.807) is 6.07 Å². The standard InChI is InChI=1S/C14H15N5S/c1-16-12-7-13(19-14(18-12)20-2)17-9-11-5-3-4-10(6-11)8-15/h3-7H,9H2,1-2H3,(H2,16,17,18,19). The Labute approximate surface area is 122 Å². The SMILES string of the molecule is CNc1cc(NCc2cccc(C#N)c2)nc(SC)n1. The summed E-state index contributed by atoms with van der Waals surface area (Å²) in [5, 5.41) is 15.9. The number of nitriles is 1. The fourth-order valence-electron chi connectivity index (χ4n) is 1.68. The molecule has 0 amide bonds. The van der Waals surface area contributed by atoms with Crippen molar-refractivity contribution >= 4 is 23.4 Å². The van der Waals surface area contributed by atoms with Crippen LogP contribution in [0.2, 0.25) is 0 Å². The lowest BCUT2D eigenvalue weighted by molar-refractivity contribution is 0.958. The molecule has 0 aliphatic heterocycles. The van der Waals surface area contributed by atoms with E-state index in [9.17, 15) is 0 Å². The van der Waals surface area contributed by atoms with Gasteiger partial charge < -0.3 is 10.6 Å². The fourth-order valence-corrected chi connectivity index (χ4v) is 2.06. The van der Waals surface area contributed by atoms with Crippen molar-refractivity contribution in [2.75, 3.05) is 23.9 Å². The van der Waals surface area contributed by atoms with E-state index < -0.39 is 0 Å². The molecule has 0 atom stereocenters. The summed E-state index contributed by atoms with van der Waals surface area (Å²) in [6.45, 7) is 0.615. The van der Waals surface area contributed by atoms with Crippen LogP contribution in [0, 0.1) is 11.3 Å². The minimum absolute atomic E-state index is 0.615. The Balaban J connectivity index is 2.12. The second kappa shape index (κ2) is 6.78. The van der Waals surface area contributed by atoms with E-state index in [2.05, 4.69) is 26.7 Å². The first-order chi connectivity index (χ1) is 9.75. The van der Waals surface area contributed by atoms with E-state index in [0.29, 0.717) is 17.3 Å². The van der Waals surface area contributed by atoms with Crippen LogP contribution in [0.3, 0.4) is 0 Å². The summed E-state index contributed by atoms with van der Waals surface area (Å²) in [6, 6.07) is 11.5. The highest BCUT2D eigenvalue weighted by Gasteiger charge is 2.03. The van der Waals surface area contributed by atoms with Gasteiger partial charge >= 0.3 is 0 Å². The number of thioether (sulfide) groups is 1. The van der Waals surface area contributed by atoms with Gasteiger partial charge in [0.25, 0.3) is 0 Å². The van der Waals surface area contributed by atoms with Crippen molar-refractivity contribution in [3.8, 4) is 6.07 Å². The Bertz CT molecular complexity index is 613. The number of hydrogen-bond donors (Lipinski definition) is 2. The van der Waals surface area contributed by atoms with Gasteiger partial charge in [-0.3, -0.25) is 0 Å². The van der Waals surface area contributed by atoms with Crippen molar-refractivity contribution in [2.24, 2.45) is 0 Å². The lowest BCUT2D eigenvalue weighted by Gasteiger charge is -2.09. The van der Waals surface area contributed by atoms with Gasteiger partial charge in [0.2, 0.25) is 0 Å². The molecule has 0 saturated heterocycles. The predicted octanol–water partition coefficient (Wildman–Crippen LogP) is 2.72. The molecule has 0 saturated carbocycles. The first-order valence-electron chi connectivity index (χ1n) is 6.09. The van der Waals surface area contributed by atoms with Crippen LogP contribution < -0.4 is 10.6 Å². The van der Waals surface area contributed by atoms with Crippen LogP contribution >= 0.6 is 11.8 Å². The van der Waals surface area contributed by atoms with Crippen molar-refractivity contribution in [2.45, 2.75) is 11.7 Å². The van der Waals surface area contributed by atoms with E-state index in [1.165, 1.54) is 11.8 Å². The Morgan fingerprint density at radius 2 is 2.05 bits per heavy atom. The smallest absolute Gasteiger partial charge is 0.191 e. The topological polar surface area (TPSA) is 73.6 Å². The molecule has 0 fully saturated rings. The van der Waals surface area contributed by atoms with Crippen LogP contribution in [0.1, 0.15) is 11.1 Å². The fraction of sp³-hybridized carbons (Fsp3) is 0.214. The summed E-state index contributed by atoms with van der Waals surface area (Å²) in [5.41, 5.74) is 1.70. The number of hydrogen-bond acceptors (Lipinski definition) is 6. The zero-order valence-corrected chi connectivity index (χ0v) is 12.2. The number of nitrogens with one attached hydrogen (secondary N) is 2. The molecule has 2 aromatic rings. The molecule has 5 nitrogen and oxygen atoms in total. The minimum atomic E-state index is 0.615. The largest absolute Gasteiger partial charge is 0.373 e. The van der Waals surface area contributed by atoms with Gasteiger partial charge in [0.1, 0.15) is 11.6 Å². The Morgan fingerprint density at radius 3 is 2.75 bits per heavy atom. The van der Waals surface area contributed by atoms with Crippen LogP contribution in [0.5, 0.6) is 0 Å². The molecule has 102 valence electrons. The summed E-state index contributed by atoms with van der Waals surface area (Å²) >= 11 is 1.49. The van der Waals surface area contributed by atoms with E-state index in [4.69, 9.17) is 5.26 Å². The first kappa shape index (κ1) is 14.2. The maximum atomic E-state index is 8.88. The molecule has 0 aliphatic carbocycles. The normalized spacial score (nSPS) is 9.85. The molecule has 6 heteroatoms. The highest BCUT2D eigenvalue weighted by molar-refractivity contribution is 7.98. The molecule has 2 N–H and O–H groups in total. The molecule has 0 aliphatic rings. The molecule has 0 unspecified atom stereocenters. The van der Waals surface area contributed by atoms with Crippen molar-refractivity contribution in [3.05, 3.63) is 41.5 Å². The van der Waals surface area contributed by atoms with E-state index in [0.717, 1.165) is 17.2 Å². The van der Waals surface area contributed by atoms with Crippen molar-refractivity contribution in [1.82, 2.24) is 9.97 Å². The lowest BCUT2D eigenvalue weighted by Crippen LogP contribution is -2.04. The highest BCUT2D eigenvalue weighted by Crippen LogP contribution is 2.17. The third-order valence-electron chi connectivity index (χ3n) is 2.67. The van der Waals surface area contributed by atoms with Gasteiger partial charge in [-0.1, -0.05) is 23.9 Å². The maximum absolute atomic E-state index is 8.88. The zero-order chi connectivity index (χ0) is 14.4. The Hall–Kier alpha value is -2.26.